The molecule has 0 saturated carbocycles. The molecule has 0 atom stereocenters. The van der Waals surface area contributed by atoms with E-state index in [1.54, 1.807) is 37.5 Å². The maximum absolute atomic E-state index is 13.3. The molecule has 0 aromatic carbocycles. The van der Waals surface area contributed by atoms with E-state index in [0.29, 0.717) is 34.4 Å². The minimum absolute atomic E-state index is 0.268. The van der Waals surface area contributed by atoms with E-state index in [9.17, 15) is 9.18 Å². The topological polar surface area (TPSA) is 134 Å². The summed E-state index contributed by atoms with van der Waals surface area (Å²) < 4.78 is 13.3. The van der Waals surface area contributed by atoms with Gasteiger partial charge in [0.05, 0.1) is 5.69 Å². The highest BCUT2D eigenvalue weighted by molar-refractivity contribution is 5.92. The fourth-order valence-corrected chi connectivity index (χ4v) is 3.80. The van der Waals surface area contributed by atoms with Crippen molar-refractivity contribution in [3.8, 4) is 22.6 Å². The van der Waals surface area contributed by atoms with Gasteiger partial charge in [0.2, 0.25) is 5.95 Å². The van der Waals surface area contributed by atoms with Gasteiger partial charge in [-0.3, -0.25) is 19.9 Å². The maximum atomic E-state index is 13.3. The average Bonchev–Trinajstić information content (AvgIpc) is 3.31. The van der Waals surface area contributed by atoms with Crippen molar-refractivity contribution in [2.45, 2.75) is 27.3 Å². The molecule has 1 amide bonds. The minimum atomic E-state index is -0.527. The molecule has 3 N–H and O–H groups in total. The van der Waals surface area contributed by atoms with Crippen LogP contribution in [0.3, 0.4) is 0 Å². The standard InChI is InChI=1S/C27H24FN9O/c1-15-10-24(34-25-11-16(2)36-37-25)35-26(32-15)19-5-8-22(30-14-19)27(38)31-13-18-4-7-21(29-12-18)20-6-9-23(28)33-17(20)3/h4-12,14H,13H2,1-3H3,(H,31,38)(H2,32,34,35,36,37). The average molecular weight is 510 g/mol. The van der Waals surface area contributed by atoms with Gasteiger partial charge in [0, 0.05) is 59.3 Å². The first-order valence-electron chi connectivity index (χ1n) is 11.8. The zero-order valence-electron chi connectivity index (χ0n) is 21.0. The third kappa shape index (κ3) is 5.67. The molecule has 0 unspecified atom stereocenters. The molecular formula is C27H24FN9O. The molecule has 0 radical (unpaired) electrons. The molecule has 0 fully saturated rings. The summed E-state index contributed by atoms with van der Waals surface area (Å²) in [7, 11) is 0. The van der Waals surface area contributed by atoms with Crippen molar-refractivity contribution < 1.29 is 9.18 Å². The molecule has 190 valence electrons. The summed E-state index contributed by atoms with van der Waals surface area (Å²) in [4.78, 5) is 34.3. The van der Waals surface area contributed by atoms with Crippen LogP contribution in [0.15, 0.2) is 60.9 Å². The molecule has 0 aliphatic carbocycles. The Labute approximate surface area is 217 Å². The van der Waals surface area contributed by atoms with Gasteiger partial charge < -0.3 is 10.6 Å². The number of nitrogens with one attached hydrogen (secondary N) is 3. The molecule has 5 aromatic heterocycles. The predicted molar refractivity (Wildman–Crippen MR) is 140 cm³/mol. The van der Waals surface area contributed by atoms with E-state index in [4.69, 9.17) is 0 Å². The van der Waals surface area contributed by atoms with E-state index < -0.39 is 5.95 Å². The molecule has 0 aliphatic heterocycles. The second kappa shape index (κ2) is 10.5. The van der Waals surface area contributed by atoms with Gasteiger partial charge in [0.1, 0.15) is 11.5 Å². The van der Waals surface area contributed by atoms with Crippen LogP contribution in [0, 0.1) is 26.7 Å². The van der Waals surface area contributed by atoms with Gasteiger partial charge in [-0.25, -0.2) is 15.0 Å². The van der Waals surface area contributed by atoms with Gasteiger partial charge in [0.25, 0.3) is 5.91 Å². The lowest BCUT2D eigenvalue weighted by molar-refractivity contribution is 0.0946. The fraction of sp³-hybridized carbons (Fsp3) is 0.148. The van der Waals surface area contributed by atoms with Gasteiger partial charge in [-0.15, -0.1) is 0 Å². The number of pyridine rings is 3. The van der Waals surface area contributed by atoms with Crippen molar-refractivity contribution in [2.75, 3.05) is 5.32 Å². The highest BCUT2D eigenvalue weighted by atomic mass is 19.1. The molecule has 5 aromatic rings. The van der Waals surface area contributed by atoms with E-state index in [0.717, 1.165) is 22.5 Å². The Morgan fingerprint density at radius 1 is 0.921 bits per heavy atom. The van der Waals surface area contributed by atoms with Crippen LogP contribution in [-0.2, 0) is 6.54 Å². The number of rotatable bonds is 7. The van der Waals surface area contributed by atoms with Crippen LogP contribution in [0.2, 0.25) is 0 Å². The fourth-order valence-electron chi connectivity index (χ4n) is 3.80. The smallest absolute Gasteiger partial charge is 0.270 e. The van der Waals surface area contributed by atoms with Gasteiger partial charge in [-0.1, -0.05) is 6.07 Å². The van der Waals surface area contributed by atoms with Crippen molar-refractivity contribution >= 4 is 17.5 Å². The Morgan fingerprint density at radius 2 is 1.79 bits per heavy atom. The monoisotopic (exact) mass is 509 g/mol. The highest BCUT2D eigenvalue weighted by Crippen LogP contribution is 2.21. The molecule has 5 heterocycles. The SMILES string of the molecule is Cc1cc(Nc2cc(C)[nH]n2)nc(-c2ccc(C(=O)NCc3ccc(-c4ccc(F)nc4C)nc3)nc2)n1. The van der Waals surface area contributed by atoms with E-state index >= 15 is 0 Å². The van der Waals surface area contributed by atoms with Gasteiger partial charge in [-0.05, 0) is 56.7 Å². The molecular weight excluding hydrogens is 485 g/mol. The molecule has 0 bridgehead atoms. The van der Waals surface area contributed by atoms with Gasteiger partial charge in [-0.2, -0.15) is 9.49 Å². The Morgan fingerprint density at radius 3 is 2.47 bits per heavy atom. The van der Waals surface area contributed by atoms with Crippen molar-refractivity contribution in [1.82, 2.24) is 40.4 Å². The molecule has 11 heteroatoms. The van der Waals surface area contributed by atoms with Crippen molar-refractivity contribution in [1.29, 1.82) is 0 Å². The van der Waals surface area contributed by atoms with Crippen LogP contribution in [0.1, 0.15) is 33.1 Å². The lowest BCUT2D eigenvalue weighted by Crippen LogP contribution is -2.23. The number of nitrogens with zero attached hydrogens (tertiary/aromatic N) is 6. The molecule has 0 saturated heterocycles. The Bertz CT molecular complexity index is 1600. The van der Waals surface area contributed by atoms with Gasteiger partial charge in [0.15, 0.2) is 11.6 Å². The van der Waals surface area contributed by atoms with Crippen molar-refractivity contribution in [2.24, 2.45) is 0 Å². The number of hydrogen-bond donors (Lipinski definition) is 3. The van der Waals surface area contributed by atoms with Crippen LogP contribution in [0.5, 0.6) is 0 Å². The van der Waals surface area contributed by atoms with E-state index in [-0.39, 0.29) is 18.1 Å². The first kappa shape index (κ1) is 24.6. The van der Waals surface area contributed by atoms with Crippen LogP contribution >= 0.6 is 0 Å². The summed E-state index contributed by atoms with van der Waals surface area (Å²) in [6.45, 7) is 5.80. The number of hydrogen-bond acceptors (Lipinski definition) is 8. The number of aromatic nitrogens is 7. The summed E-state index contributed by atoms with van der Waals surface area (Å²) in [6.07, 6.45) is 3.24. The van der Waals surface area contributed by atoms with Crippen molar-refractivity contribution in [3.63, 3.8) is 0 Å². The largest absolute Gasteiger partial charge is 0.347 e. The Balaban J connectivity index is 1.22. The number of halogens is 1. The zero-order valence-corrected chi connectivity index (χ0v) is 21.0. The normalized spacial score (nSPS) is 10.8. The second-order valence-electron chi connectivity index (χ2n) is 8.71. The number of aromatic amines is 1. The maximum Gasteiger partial charge on any atom is 0.270 e. The minimum Gasteiger partial charge on any atom is -0.347 e. The first-order chi connectivity index (χ1) is 18.3. The van der Waals surface area contributed by atoms with Crippen molar-refractivity contribution in [3.05, 3.63) is 95.2 Å². The number of carbonyl (C=O) groups is 1. The zero-order chi connectivity index (χ0) is 26.6. The lowest BCUT2D eigenvalue weighted by Gasteiger charge is -2.08. The van der Waals surface area contributed by atoms with Crippen LogP contribution in [0.4, 0.5) is 16.0 Å². The third-order valence-electron chi connectivity index (χ3n) is 5.68. The first-order valence-corrected chi connectivity index (χ1v) is 11.8. The summed E-state index contributed by atoms with van der Waals surface area (Å²) in [6, 6.07) is 13.7. The summed E-state index contributed by atoms with van der Waals surface area (Å²) in [5, 5.41) is 13.0. The lowest BCUT2D eigenvalue weighted by atomic mass is 10.1. The van der Waals surface area contributed by atoms with Gasteiger partial charge >= 0.3 is 0 Å². The predicted octanol–water partition coefficient (Wildman–Crippen LogP) is 4.46. The molecule has 38 heavy (non-hydrogen) atoms. The number of anilines is 2. The van der Waals surface area contributed by atoms with Crippen LogP contribution < -0.4 is 10.6 Å². The summed E-state index contributed by atoms with van der Waals surface area (Å²) in [5.74, 6) is 0.897. The number of H-pyrrole nitrogens is 1. The quantitative estimate of drug-likeness (QED) is 0.274. The number of aryl methyl sites for hydroxylation is 3. The Hall–Kier alpha value is -5.06. The van der Waals surface area contributed by atoms with Crippen LogP contribution in [0.25, 0.3) is 22.6 Å². The van der Waals surface area contributed by atoms with E-state index in [1.807, 2.05) is 38.1 Å². The molecule has 0 spiro atoms. The van der Waals surface area contributed by atoms with E-state index in [2.05, 4.69) is 45.8 Å². The number of carbonyl (C=O) groups excluding carboxylic acids is 1. The number of amides is 1. The Kier molecular flexibility index (Phi) is 6.81. The molecule has 5 rings (SSSR count). The molecule has 0 aliphatic rings. The third-order valence-corrected chi connectivity index (χ3v) is 5.68. The van der Waals surface area contributed by atoms with Crippen LogP contribution in [-0.4, -0.2) is 41.0 Å². The summed E-state index contributed by atoms with van der Waals surface area (Å²) >= 11 is 0. The second-order valence-corrected chi connectivity index (χ2v) is 8.71. The summed E-state index contributed by atoms with van der Waals surface area (Å²) in [5.41, 5.74) is 5.46. The molecule has 10 nitrogen and oxygen atoms in total. The van der Waals surface area contributed by atoms with E-state index in [1.165, 1.54) is 6.07 Å². The highest BCUT2D eigenvalue weighted by Gasteiger charge is 2.12.